The topological polar surface area (TPSA) is 237 Å². The Labute approximate surface area is 556 Å². The summed E-state index contributed by atoms with van der Waals surface area (Å²) >= 11 is 0. The van der Waals surface area contributed by atoms with Crippen LogP contribution in [0.4, 0.5) is 0 Å². The smallest absolute Gasteiger partial charge is 0.462 e. The van der Waals surface area contributed by atoms with Gasteiger partial charge in [-0.05, 0) is 43.4 Å². The van der Waals surface area contributed by atoms with Gasteiger partial charge in [0.1, 0.15) is 19.3 Å². The largest absolute Gasteiger partial charge is 0.472 e. The van der Waals surface area contributed by atoms with Crippen LogP contribution in [0.15, 0.2) is 0 Å². The van der Waals surface area contributed by atoms with Crippen molar-refractivity contribution in [2.45, 2.75) is 381 Å². The lowest BCUT2D eigenvalue weighted by atomic mass is 9.99. The average molecular weight is 1340 g/mol. The number of phosphoric acid groups is 2. The Morgan fingerprint density at radius 3 is 0.835 bits per heavy atom. The zero-order valence-corrected chi connectivity index (χ0v) is 61.1. The minimum Gasteiger partial charge on any atom is -0.462 e. The van der Waals surface area contributed by atoms with E-state index in [0.717, 1.165) is 108 Å². The van der Waals surface area contributed by atoms with Crippen LogP contribution < -0.4 is 0 Å². The molecule has 17 nitrogen and oxygen atoms in total. The Kier molecular flexibility index (Phi) is 61.5. The first-order valence-corrected chi connectivity index (χ1v) is 40.4. The van der Waals surface area contributed by atoms with Gasteiger partial charge >= 0.3 is 39.5 Å². The van der Waals surface area contributed by atoms with Crippen LogP contribution >= 0.6 is 15.6 Å². The highest BCUT2D eigenvalue weighted by molar-refractivity contribution is 7.47. The quantitative estimate of drug-likeness (QED) is 0.0222. The van der Waals surface area contributed by atoms with Crippen molar-refractivity contribution in [1.29, 1.82) is 0 Å². The summed E-state index contributed by atoms with van der Waals surface area (Å²) in [5.41, 5.74) is 0. The first kappa shape index (κ1) is 89.1. The predicted molar refractivity (Wildman–Crippen MR) is 368 cm³/mol. The summed E-state index contributed by atoms with van der Waals surface area (Å²) in [5, 5.41) is 10.6. The van der Waals surface area contributed by atoms with E-state index in [1.165, 1.54) is 173 Å². The summed E-state index contributed by atoms with van der Waals surface area (Å²) in [7, 11) is -9.91. The number of esters is 4. The van der Waals surface area contributed by atoms with Crippen LogP contribution in [0, 0.1) is 17.8 Å². The summed E-state index contributed by atoms with van der Waals surface area (Å²) in [4.78, 5) is 72.7. The second kappa shape index (κ2) is 62.8. The van der Waals surface area contributed by atoms with Crippen molar-refractivity contribution in [3.05, 3.63) is 0 Å². The highest BCUT2D eigenvalue weighted by Gasteiger charge is 2.30. The lowest BCUT2D eigenvalue weighted by Crippen LogP contribution is -2.30. The van der Waals surface area contributed by atoms with E-state index in [1.54, 1.807) is 0 Å². The molecule has 0 aromatic rings. The molecule has 0 rings (SSSR count). The Morgan fingerprint density at radius 2 is 0.560 bits per heavy atom. The van der Waals surface area contributed by atoms with Crippen LogP contribution in [0.1, 0.15) is 363 Å². The molecule has 19 heteroatoms. The van der Waals surface area contributed by atoms with Crippen LogP contribution in [-0.2, 0) is 65.4 Å². The lowest BCUT2D eigenvalue weighted by Gasteiger charge is -2.21. The molecule has 0 spiro atoms. The molecular weight excluding hydrogens is 1200 g/mol. The van der Waals surface area contributed by atoms with Gasteiger partial charge in [-0.15, -0.1) is 0 Å². The Bertz CT molecular complexity index is 1790. The monoisotopic (exact) mass is 1340 g/mol. The number of aliphatic hydroxyl groups excluding tert-OH is 1. The molecule has 0 aliphatic rings. The molecule has 3 N–H and O–H groups in total. The van der Waals surface area contributed by atoms with Crippen molar-refractivity contribution in [3.63, 3.8) is 0 Å². The van der Waals surface area contributed by atoms with Gasteiger partial charge in [0.25, 0.3) is 0 Å². The molecule has 0 aromatic heterocycles. The minimum absolute atomic E-state index is 0.104. The normalized spacial score (nSPS) is 14.8. The van der Waals surface area contributed by atoms with Gasteiger partial charge in [-0.25, -0.2) is 9.13 Å². The van der Waals surface area contributed by atoms with Crippen LogP contribution in [-0.4, -0.2) is 96.7 Å². The fourth-order valence-corrected chi connectivity index (χ4v) is 12.4. The van der Waals surface area contributed by atoms with Crippen molar-refractivity contribution in [1.82, 2.24) is 0 Å². The fourth-order valence-electron chi connectivity index (χ4n) is 10.8. The third-order valence-electron chi connectivity index (χ3n) is 17.4. The summed E-state index contributed by atoms with van der Waals surface area (Å²) in [6.45, 7) is 11.9. The molecule has 0 radical (unpaired) electrons. The number of ether oxygens (including phenoxy) is 4. The molecule has 0 fully saturated rings. The molecule has 0 saturated carbocycles. The standard InChI is InChI=1S/C72H140O17P2/c1-8-11-12-13-14-15-16-17-18-19-20-23-34-41-48-55-71(76)88-67(59-82-69(74)53-46-39-32-24-21-22-29-36-43-50-63(4)5)61-86-90(78,79)84-57-66(73)58-85-91(80,81)87-62-68(89-72(77)56-49-42-35-28-26-31-38-45-52-65(7)10-3)60-83-70(75)54-47-40-33-27-25-30-37-44-51-64(6)9-2/h63-68,73H,8-62H2,1-7H3,(H,78,79)(H,80,81)/t64?,65?,66-,67-,68-/m1/s1. The first-order valence-electron chi connectivity index (χ1n) is 37.4. The van der Waals surface area contributed by atoms with E-state index in [4.69, 9.17) is 37.0 Å². The summed E-state index contributed by atoms with van der Waals surface area (Å²) < 4.78 is 68.4. The number of hydrogen-bond acceptors (Lipinski definition) is 15. The van der Waals surface area contributed by atoms with E-state index in [-0.39, 0.29) is 25.7 Å². The predicted octanol–water partition coefficient (Wildman–Crippen LogP) is 20.6. The van der Waals surface area contributed by atoms with E-state index in [2.05, 4.69) is 48.5 Å². The first-order chi connectivity index (χ1) is 43.8. The number of unbranched alkanes of at least 4 members (excludes halogenated alkanes) is 36. The third kappa shape index (κ3) is 63.9. The van der Waals surface area contributed by atoms with E-state index >= 15 is 0 Å². The second-order valence-corrected chi connectivity index (χ2v) is 29.8. The SMILES string of the molecule is CCCCCCCCCCCCCCCCCC(=O)O[C@H](COC(=O)CCCCCCCCCCCC(C)C)COP(=O)(O)OC[C@@H](O)COP(=O)(O)OC[C@@H](COC(=O)CCCCCCCCCCC(C)CC)OC(=O)CCCCCCCCCCC(C)CC. The van der Waals surface area contributed by atoms with Gasteiger partial charge in [0.05, 0.1) is 26.4 Å². The van der Waals surface area contributed by atoms with Crippen LogP contribution in [0.5, 0.6) is 0 Å². The lowest BCUT2D eigenvalue weighted by molar-refractivity contribution is -0.161. The maximum atomic E-state index is 13.0. The number of hydrogen-bond donors (Lipinski definition) is 3. The highest BCUT2D eigenvalue weighted by Crippen LogP contribution is 2.45. The molecule has 7 atom stereocenters. The maximum Gasteiger partial charge on any atom is 0.472 e. The maximum absolute atomic E-state index is 13.0. The number of carbonyl (C=O) groups excluding carboxylic acids is 4. The zero-order chi connectivity index (χ0) is 67.3. The van der Waals surface area contributed by atoms with Gasteiger partial charge < -0.3 is 33.8 Å². The van der Waals surface area contributed by atoms with Crippen molar-refractivity contribution in [2.24, 2.45) is 17.8 Å². The molecule has 0 bridgehead atoms. The van der Waals surface area contributed by atoms with Gasteiger partial charge in [0.15, 0.2) is 12.2 Å². The number of phosphoric ester groups is 2. The molecule has 4 unspecified atom stereocenters. The zero-order valence-electron chi connectivity index (χ0n) is 59.3. The van der Waals surface area contributed by atoms with Crippen LogP contribution in [0.25, 0.3) is 0 Å². The minimum atomic E-state index is -4.95. The van der Waals surface area contributed by atoms with E-state index in [1.807, 2.05) is 0 Å². The molecule has 0 heterocycles. The van der Waals surface area contributed by atoms with E-state index in [0.29, 0.717) is 25.7 Å². The third-order valence-corrected chi connectivity index (χ3v) is 19.3. The Balaban J connectivity index is 5.27. The second-order valence-electron chi connectivity index (χ2n) is 26.9. The number of rotatable bonds is 70. The van der Waals surface area contributed by atoms with Gasteiger partial charge in [-0.2, -0.15) is 0 Å². The van der Waals surface area contributed by atoms with E-state index < -0.39 is 97.5 Å². The Morgan fingerprint density at radius 1 is 0.319 bits per heavy atom. The van der Waals surface area contributed by atoms with Gasteiger partial charge in [0.2, 0.25) is 0 Å². The van der Waals surface area contributed by atoms with Gasteiger partial charge in [-0.1, -0.05) is 312 Å². The molecule has 0 aliphatic carbocycles. The van der Waals surface area contributed by atoms with Gasteiger partial charge in [-0.3, -0.25) is 37.3 Å². The van der Waals surface area contributed by atoms with Crippen molar-refractivity contribution in [2.75, 3.05) is 39.6 Å². The fraction of sp³-hybridized carbons (Fsp3) is 0.944. The van der Waals surface area contributed by atoms with Crippen molar-refractivity contribution < 1.29 is 80.2 Å². The number of carbonyl (C=O) groups is 4. The molecule has 0 aliphatic heterocycles. The molecular formula is C72H140O17P2. The summed E-state index contributed by atoms with van der Waals surface area (Å²) in [6, 6.07) is 0. The average Bonchev–Trinajstić information content (AvgIpc) is 3.26. The molecule has 540 valence electrons. The molecule has 91 heavy (non-hydrogen) atoms. The van der Waals surface area contributed by atoms with Crippen molar-refractivity contribution in [3.8, 4) is 0 Å². The summed E-state index contributed by atoms with van der Waals surface area (Å²) in [6.07, 6.45) is 47.0. The van der Waals surface area contributed by atoms with Gasteiger partial charge in [0, 0.05) is 25.7 Å². The molecule has 0 aromatic carbocycles. The van der Waals surface area contributed by atoms with Crippen LogP contribution in [0.2, 0.25) is 0 Å². The highest BCUT2D eigenvalue weighted by atomic mass is 31.2. The summed E-state index contributed by atoms with van der Waals surface area (Å²) in [5.74, 6) is 0.167. The molecule has 0 saturated heterocycles. The van der Waals surface area contributed by atoms with Crippen LogP contribution in [0.3, 0.4) is 0 Å². The Hall–Kier alpha value is -1.94. The van der Waals surface area contributed by atoms with E-state index in [9.17, 15) is 43.2 Å². The molecule has 0 amide bonds. The van der Waals surface area contributed by atoms with Crippen molar-refractivity contribution >= 4 is 39.5 Å². The number of aliphatic hydroxyl groups is 1.